The van der Waals surface area contributed by atoms with Crippen LogP contribution in [0, 0.1) is 4.77 Å². The fraction of sp³-hybridized carbons (Fsp3) is 0.818. The third-order valence-corrected chi connectivity index (χ3v) is 4.69. The summed E-state index contributed by atoms with van der Waals surface area (Å²) in [7, 11) is 2.21. The van der Waals surface area contributed by atoms with Gasteiger partial charge >= 0.3 is 5.69 Å². The lowest BCUT2D eigenvalue weighted by atomic mass is 9.82. The van der Waals surface area contributed by atoms with Crippen LogP contribution in [0.2, 0.25) is 0 Å². The zero-order valence-electron chi connectivity index (χ0n) is 9.98. The van der Waals surface area contributed by atoms with Gasteiger partial charge in [0, 0.05) is 18.1 Å². The smallest absolute Gasteiger partial charge is 0.300 e. The van der Waals surface area contributed by atoms with Crippen LogP contribution >= 0.6 is 12.2 Å². The molecule has 6 heteroatoms. The lowest BCUT2D eigenvalue weighted by molar-refractivity contribution is 0.0388. The highest BCUT2D eigenvalue weighted by Gasteiger charge is 2.37. The van der Waals surface area contributed by atoms with Crippen LogP contribution in [0.3, 0.4) is 0 Å². The van der Waals surface area contributed by atoms with E-state index in [0.29, 0.717) is 16.9 Å². The highest BCUT2D eigenvalue weighted by atomic mass is 32.1. The fourth-order valence-electron chi connectivity index (χ4n) is 3.45. The zero-order valence-corrected chi connectivity index (χ0v) is 10.8. The molecule has 0 spiro atoms. The standard InChI is InChI=1S/C11H18N4OS/c1-14-7-3-2-4-8(14)6-9(5-7)15-10(16)12-13-11(15)17/h7-9H,2-6H2,1H3,(H,12,16)(H,13,17). The number of hydrogen-bond donors (Lipinski definition) is 2. The zero-order chi connectivity index (χ0) is 12.0. The van der Waals surface area contributed by atoms with Crippen LogP contribution in [0.25, 0.3) is 0 Å². The Hall–Kier alpha value is -0.880. The quantitative estimate of drug-likeness (QED) is 0.745. The molecule has 0 aliphatic carbocycles. The SMILES string of the molecule is CN1C2CCCC1CC(n1c(=O)[nH][nH]c1=S)C2. The first kappa shape index (κ1) is 11.2. The van der Waals surface area contributed by atoms with Gasteiger partial charge in [0.15, 0.2) is 4.77 Å². The number of hydrogen-bond acceptors (Lipinski definition) is 3. The lowest BCUT2D eigenvalue weighted by Crippen LogP contribution is -2.50. The first-order valence-corrected chi connectivity index (χ1v) is 6.69. The molecule has 2 atom stereocenters. The van der Waals surface area contributed by atoms with E-state index in [1.807, 2.05) is 0 Å². The van der Waals surface area contributed by atoms with E-state index < -0.39 is 0 Å². The number of fused-ring (bicyclic) bond motifs is 2. The summed E-state index contributed by atoms with van der Waals surface area (Å²) in [5.41, 5.74) is -0.0948. The largest absolute Gasteiger partial charge is 0.342 e. The van der Waals surface area contributed by atoms with Crippen molar-refractivity contribution >= 4 is 12.2 Å². The summed E-state index contributed by atoms with van der Waals surface area (Å²) >= 11 is 5.18. The normalized spacial score (nSPS) is 33.8. The molecule has 2 saturated heterocycles. The van der Waals surface area contributed by atoms with Gasteiger partial charge in [0.25, 0.3) is 0 Å². The van der Waals surface area contributed by atoms with Gasteiger partial charge in [-0.1, -0.05) is 6.42 Å². The first-order chi connectivity index (χ1) is 8.16. The van der Waals surface area contributed by atoms with Crippen molar-refractivity contribution in [2.75, 3.05) is 7.05 Å². The number of aromatic nitrogens is 3. The molecule has 3 heterocycles. The maximum atomic E-state index is 11.7. The van der Waals surface area contributed by atoms with Crippen molar-refractivity contribution in [1.29, 1.82) is 0 Å². The van der Waals surface area contributed by atoms with Crippen LogP contribution in [0.15, 0.2) is 4.79 Å². The van der Waals surface area contributed by atoms with Crippen LogP contribution in [0.4, 0.5) is 0 Å². The number of piperidine rings is 2. The molecule has 0 amide bonds. The maximum Gasteiger partial charge on any atom is 0.342 e. The molecule has 2 N–H and O–H groups in total. The van der Waals surface area contributed by atoms with E-state index in [0.717, 1.165) is 12.8 Å². The first-order valence-electron chi connectivity index (χ1n) is 6.28. The summed E-state index contributed by atoms with van der Waals surface area (Å²) in [6, 6.07) is 1.50. The van der Waals surface area contributed by atoms with Crippen molar-refractivity contribution in [1.82, 2.24) is 19.7 Å². The second kappa shape index (κ2) is 4.10. The van der Waals surface area contributed by atoms with Crippen molar-refractivity contribution in [2.24, 2.45) is 0 Å². The van der Waals surface area contributed by atoms with Crippen molar-refractivity contribution in [3.05, 3.63) is 15.3 Å². The number of aromatic amines is 2. The summed E-state index contributed by atoms with van der Waals surface area (Å²) in [6.45, 7) is 0. The Bertz CT molecular complexity index is 475. The Kier molecular flexibility index (Phi) is 2.71. The molecule has 0 saturated carbocycles. The Morgan fingerprint density at radius 3 is 2.35 bits per heavy atom. The highest BCUT2D eigenvalue weighted by molar-refractivity contribution is 7.71. The van der Waals surface area contributed by atoms with Crippen LogP contribution in [0.5, 0.6) is 0 Å². The molecule has 2 bridgehead atoms. The van der Waals surface area contributed by atoms with Gasteiger partial charge in [-0.2, -0.15) is 0 Å². The number of rotatable bonds is 1. The Morgan fingerprint density at radius 1 is 1.18 bits per heavy atom. The minimum atomic E-state index is -0.0948. The van der Waals surface area contributed by atoms with E-state index in [4.69, 9.17) is 12.2 Å². The topological polar surface area (TPSA) is 56.8 Å². The van der Waals surface area contributed by atoms with Gasteiger partial charge in [0.05, 0.1) is 0 Å². The number of nitrogens with zero attached hydrogens (tertiary/aromatic N) is 2. The van der Waals surface area contributed by atoms with Crippen molar-refractivity contribution in [3.63, 3.8) is 0 Å². The van der Waals surface area contributed by atoms with Crippen molar-refractivity contribution < 1.29 is 0 Å². The van der Waals surface area contributed by atoms with Crippen molar-refractivity contribution in [2.45, 2.75) is 50.2 Å². The van der Waals surface area contributed by atoms with Gasteiger partial charge in [0.2, 0.25) is 0 Å². The van der Waals surface area contributed by atoms with Gasteiger partial charge < -0.3 is 4.90 Å². The molecule has 2 aliphatic heterocycles. The van der Waals surface area contributed by atoms with E-state index in [1.54, 1.807) is 4.57 Å². The molecule has 2 aliphatic rings. The Morgan fingerprint density at radius 2 is 1.82 bits per heavy atom. The molecule has 1 aromatic heterocycles. The second-order valence-electron chi connectivity index (χ2n) is 5.26. The third-order valence-electron chi connectivity index (χ3n) is 4.39. The summed E-state index contributed by atoms with van der Waals surface area (Å²) in [6.07, 6.45) is 5.91. The minimum Gasteiger partial charge on any atom is -0.300 e. The molecule has 17 heavy (non-hydrogen) atoms. The van der Waals surface area contributed by atoms with E-state index >= 15 is 0 Å². The number of H-pyrrole nitrogens is 2. The van der Waals surface area contributed by atoms with Gasteiger partial charge in [0.1, 0.15) is 0 Å². The molecular formula is C11H18N4OS. The van der Waals surface area contributed by atoms with Gasteiger partial charge in [-0.15, -0.1) is 0 Å². The monoisotopic (exact) mass is 254 g/mol. The second-order valence-corrected chi connectivity index (χ2v) is 5.65. The summed E-state index contributed by atoms with van der Waals surface area (Å²) in [5, 5.41) is 5.31. The van der Waals surface area contributed by atoms with Gasteiger partial charge in [-0.25, -0.2) is 9.89 Å². The molecule has 1 aromatic rings. The van der Waals surface area contributed by atoms with Crippen LogP contribution in [-0.4, -0.2) is 38.8 Å². The highest BCUT2D eigenvalue weighted by Crippen LogP contribution is 2.37. The summed E-state index contributed by atoms with van der Waals surface area (Å²) in [4.78, 5) is 14.2. The van der Waals surface area contributed by atoms with Gasteiger partial charge in [-0.05, 0) is 44.9 Å². The summed E-state index contributed by atoms with van der Waals surface area (Å²) in [5.74, 6) is 0. The molecule has 0 radical (unpaired) electrons. The van der Waals surface area contributed by atoms with Gasteiger partial charge in [-0.3, -0.25) is 9.67 Å². The molecule has 94 valence electrons. The average Bonchev–Trinajstić information content (AvgIpc) is 2.59. The predicted molar refractivity (Wildman–Crippen MR) is 67.7 cm³/mol. The van der Waals surface area contributed by atoms with Crippen LogP contribution in [-0.2, 0) is 0 Å². The predicted octanol–water partition coefficient (Wildman–Crippen LogP) is 1.42. The minimum absolute atomic E-state index is 0.0948. The molecule has 2 fully saturated rings. The summed E-state index contributed by atoms with van der Waals surface area (Å²) < 4.78 is 2.26. The Balaban J connectivity index is 1.92. The maximum absolute atomic E-state index is 11.7. The van der Waals surface area contributed by atoms with E-state index in [1.165, 1.54) is 19.3 Å². The van der Waals surface area contributed by atoms with E-state index in [-0.39, 0.29) is 11.7 Å². The Labute approximate surface area is 105 Å². The third kappa shape index (κ3) is 1.79. The van der Waals surface area contributed by atoms with E-state index in [2.05, 4.69) is 22.1 Å². The molecule has 0 aromatic carbocycles. The molecule has 5 nitrogen and oxygen atoms in total. The van der Waals surface area contributed by atoms with Crippen LogP contribution in [0.1, 0.15) is 38.1 Å². The fourth-order valence-corrected chi connectivity index (χ4v) is 3.73. The van der Waals surface area contributed by atoms with Crippen LogP contribution < -0.4 is 5.69 Å². The van der Waals surface area contributed by atoms with E-state index in [9.17, 15) is 4.79 Å². The molecular weight excluding hydrogens is 236 g/mol. The number of nitrogens with one attached hydrogen (secondary N) is 2. The van der Waals surface area contributed by atoms with Crippen molar-refractivity contribution in [3.8, 4) is 0 Å². The molecule has 3 rings (SSSR count). The lowest BCUT2D eigenvalue weighted by Gasteiger charge is -2.47. The molecule has 2 unspecified atom stereocenters. The average molecular weight is 254 g/mol.